The van der Waals surface area contributed by atoms with Gasteiger partial charge in [0.2, 0.25) is 0 Å². The van der Waals surface area contributed by atoms with Gasteiger partial charge in [-0.3, -0.25) is 10.1 Å². The molecule has 9 heteroatoms. The van der Waals surface area contributed by atoms with Crippen LogP contribution in [0.4, 0.5) is 15.8 Å². The average Bonchev–Trinajstić information content (AvgIpc) is 2.20. The Hall–Kier alpha value is -1.41. The number of nitrogens with zero attached hydrogens (tertiary/aromatic N) is 1. The molecule has 0 unspecified atom stereocenters. The summed E-state index contributed by atoms with van der Waals surface area (Å²) in [6.07, 6.45) is 1.03. The number of sulfone groups is 1. The van der Waals surface area contributed by atoms with Gasteiger partial charge in [-0.25, -0.2) is 12.8 Å². The maximum atomic E-state index is 13.2. The second-order valence-electron chi connectivity index (χ2n) is 3.60. The molecule has 0 saturated heterocycles. The van der Waals surface area contributed by atoms with Crippen molar-refractivity contribution < 1.29 is 17.7 Å². The summed E-state index contributed by atoms with van der Waals surface area (Å²) >= 11 is 5.43. The number of hydrogen-bond donors (Lipinski definition) is 1. The molecule has 0 fully saturated rings. The second-order valence-corrected chi connectivity index (χ2v) is 6.26. The molecule has 1 aromatic rings. The first-order valence-electron chi connectivity index (χ1n) is 4.76. The van der Waals surface area contributed by atoms with E-state index in [1.54, 1.807) is 0 Å². The highest BCUT2D eigenvalue weighted by atomic mass is 35.5. The number of nitro benzene ring substituents is 1. The van der Waals surface area contributed by atoms with Crippen LogP contribution < -0.4 is 5.32 Å². The monoisotopic (exact) mass is 296 g/mol. The predicted molar refractivity (Wildman–Crippen MR) is 66.3 cm³/mol. The van der Waals surface area contributed by atoms with E-state index < -0.39 is 26.3 Å². The van der Waals surface area contributed by atoms with Crippen molar-refractivity contribution in [2.75, 3.05) is 23.9 Å². The molecule has 18 heavy (non-hydrogen) atoms. The van der Waals surface area contributed by atoms with E-state index >= 15 is 0 Å². The van der Waals surface area contributed by atoms with Crippen LogP contribution in [0.15, 0.2) is 12.1 Å². The molecule has 0 atom stereocenters. The summed E-state index contributed by atoms with van der Waals surface area (Å²) in [5, 5.41) is 12.8. The van der Waals surface area contributed by atoms with Crippen molar-refractivity contribution in [1.82, 2.24) is 0 Å². The van der Waals surface area contributed by atoms with E-state index in [9.17, 15) is 22.9 Å². The third kappa shape index (κ3) is 4.11. The zero-order valence-corrected chi connectivity index (χ0v) is 10.9. The lowest BCUT2D eigenvalue weighted by molar-refractivity contribution is -0.384. The number of nitro groups is 1. The lowest BCUT2D eigenvalue weighted by Gasteiger charge is -2.07. The van der Waals surface area contributed by atoms with Crippen LogP contribution in [0.5, 0.6) is 0 Å². The van der Waals surface area contributed by atoms with Crippen LogP contribution in [0.3, 0.4) is 0 Å². The standard InChI is InChI=1S/C9H10ClFN2O4S/c1-18(16,17)3-2-12-8-5-7(11)6(10)4-9(8)13(14)15/h4-5,12H,2-3H2,1H3. The Morgan fingerprint density at radius 2 is 2.11 bits per heavy atom. The van der Waals surface area contributed by atoms with E-state index in [0.717, 1.165) is 18.4 Å². The van der Waals surface area contributed by atoms with Crippen molar-refractivity contribution in [1.29, 1.82) is 0 Å². The molecule has 0 spiro atoms. The fraction of sp³-hybridized carbons (Fsp3) is 0.333. The number of halogens is 2. The van der Waals surface area contributed by atoms with Crippen molar-refractivity contribution >= 4 is 32.8 Å². The van der Waals surface area contributed by atoms with Crippen LogP contribution in [-0.2, 0) is 9.84 Å². The molecule has 0 aliphatic carbocycles. The Balaban J connectivity index is 2.94. The topological polar surface area (TPSA) is 89.3 Å². The lowest BCUT2D eigenvalue weighted by Crippen LogP contribution is -2.15. The molecule has 1 aromatic carbocycles. The van der Waals surface area contributed by atoms with E-state index in [-0.39, 0.29) is 23.0 Å². The maximum Gasteiger partial charge on any atom is 0.294 e. The van der Waals surface area contributed by atoms with Crippen LogP contribution in [-0.4, -0.2) is 31.9 Å². The van der Waals surface area contributed by atoms with Gasteiger partial charge in [-0.1, -0.05) is 11.6 Å². The molecule has 0 aliphatic rings. The zero-order chi connectivity index (χ0) is 13.9. The summed E-state index contributed by atoms with van der Waals surface area (Å²) in [4.78, 5) is 9.98. The molecule has 0 amide bonds. The number of anilines is 1. The highest BCUT2D eigenvalue weighted by Crippen LogP contribution is 2.30. The molecule has 0 saturated carbocycles. The summed E-state index contributed by atoms with van der Waals surface area (Å²) in [6, 6.07) is 1.74. The minimum Gasteiger partial charge on any atom is -0.378 e. The van der Waals surface area contributed by atoms with Gasteiger partial charge in [-0.05, 0) is 0 Å². The van der Waals surface area contributed by atoms with Crippen molar-refractivity contribution in [3.63, 3.8) is 0 Å². The molecule has 0 aliphatic heterocycles. The van der Waals surface area contributed by atoms with Crippen molar-refractivity contribution in [2.24, 2.45) is 0 Å². The first-order valence-corrected chi connectivity index (χ1v) is 7.19. The highest BCUT2D eigenvalue weighted by molar-refractivity contribution is 7.90. The summed E-state index contributed by atoms with van der Waals surface area (Å²) in [6.45, 7) is -0.0548. The van der Waals surface area contributed by atoms with Gasteiger partial charge < -0.3 is 5.32 Å². The fourth-order valence-corrected chi connectivity index (χ4v) is 1.83. The van der Waals surface area contributed by atoms with Gasteiger partial charge in [0.1, 0.15) is 21.3 Å². The third-order valence-electron chi connectivity index (χ3n) is 2.02. The zero-order valence-electron chi connectivity index (χ0n) is 9.31. The predicted octanol–water partition coefficient (Wildman–Crippen LogP) is 1.84. The number of benzene rings is 1. The largest absolute Gasteiger partial charge is 0.378 e. The van der Waals surface area contributed by atoms with Gasteiger partial charge in [0.15, 0.2) is 0 Å². The molecule has 1 N–H and O–H groups in total. The molecule has 6 nitrogen and oxygen atoms in total. The summed E-state index contributed by atoms with van der Waals surface area (Å²) < 4.78 is 35.0. The molecule has 100 valence electrons. The van der Waals surface area contributed by atoms with Crippen LogP contribution in [0.25, 0.3) is 0 Å². The number of rotatable bonds is 5. The minimum absolute atomic E-state index is 0.0548. The smallest absolute Gasteiger partial charge is 0.294 e. The molecule has 0 heterocycles. The van der Waals surface area contributed by atoms with E-state index in [1.807, 2.05) is 0 Å². The van der Waals surface area contributed by atoms with Crippen LogP contribution in [0.1, 0.15) is 0 Å². The Labute approximate surface area is 108 Å². The SMILES string of the molecule is CS(=O)(=O)CCNc1cc(F)c(Cl)cc1[N+](=O)[O-]. The van der Waals surface area contributed by atoms with Gasteiger partial charge in [0, 0.05) is 24.9 Å². The van der Waals surface area contributed by atoms with Crippen molar-refractivity contribution in [2.45, 2.75) is 0 Å². The van der Waals surface area contributed by atoms with E-state index in [2.05, 4.69) is 5.32 Å². The molecule has 1 rings (SSSR count). The molecule has 0 bridgehead atoms. The minimum atomic E-state index is -3.20. The Bertz CT molecular complexity index is 576. The van der Waals surface area contributed by atoms with E-state index in [0.29, 0.717) is 0 Å². The molecular weight excluding hydrogens is 287 g/mol. The Kier molecular flexibility index (Phi) is 4.47. The van der Waals surface area contributed by atoms with Crippen molar-refractivity contribution in [3.8, 4) is 0 Å². The molecule has 0 aromatic heterocycles. The lowest BCUT2D eigenvalue weighted by atomic mass is 10.2. The Morgan fingerprint density at radius 3 is 2.61 bits per heavy atom. The second kappa shape index (κ2) is 5.49. The Morgan fingerprint density at radius 1 is 1.50 bits per heavy atom. The van der Waals surface area contributed by atoms with Gasteiger partial charge >= 0.3 is 0 Å². The highest BCUT2D eigenvalue weighted by Gasteiger charge is 2.17. The quantitative estimate of drug-likeness (QED) is 0.661. The van der Waals surface area contributed by atoms with E-state index in [4.69, 9.17) is 11.6 Å². The molecule has 0 radical (unpaired) electrons. The third-order valence-corrected chi connectivity index (χ3v) is 3.26. The average molecular weight is 297 g/mol. The molecular formula is C9H10ClFN2O4S. The van der Waals surface area contributed by atoms with Crippen LogP contribution in [0, 0.1) is 15.9 Å². The van der Waals surface area contributed by atoms with Crippen LogP contribution in [0.2, 0.25) is 5.02 Å². The fourth-order valence-electron chi connectivity index (χ4n) is 1.20. The van der Waals surface area contributed by atoms with Gasteiger partial charge in [0.05, 0.1) is 15.7 Å². The first kappa shape index (κ1) is 14.7. The number of hydrogen-bond acceptors (Lipinski definition) is 5. The van der Waals surface area contributed by atoms with Gasteiger partial charge in [0.25, 0.3) is 5.69 Å². The summed E-state index contributed by atoms with van der Waals surface area (Å²) in [7, 11) is -3.20. The van der Waals surface area contributed by atoms with Crippen LogP contribution >= 0.6 is 11.6 Å². The normalized spacial score (nSPS) is 11.3. The van der Waals surface area contributed by atoms with Gasteiger partial charge in [-0.2, -0.15) is 0 Å². The van der Waals surface area contributed by atoms with E-state index in [1.165, 1.54) is 0 Å². The first-order chi connectivity index (χ1) is 8.20. The summed E-state index contributed by atoms with van der Waals surface area (Å²) in [5.74, 6) is -1.03. The summed E-state index contributed by atoms with van der Waals surface area (Å²) in [5.41, 5.74) is -0.513. The van der Waals surface area contributed by atoms with Crippen molar-refractivity contribution in [3.05, 3.63) is 33.1 Å². The maximum absolute atomic E-state index is 13.2. The van der Waals surface area contributed by atoms with Gasteiger partial charge in [-0.15, -0.1) is 0 Å². The number of nitrogens with one attached hydrogen (secondary N) is 1.